The van der Waals surface area contributed by atoms with Crippen LogP contribution in [0.15, 0.2) is 54.9 Å². The lowest BCUT2D eigenvalue weighted by molar-refractivity contribution is -0.565. The molecule has 22 heavy (non-hydrogen) atoms. The Morgan fingerprint density at radius 1 is 1.18 bits per heavy atom. The molecule has 0 radical (unpaired) electrons. The number of hydrogen-bond donors (Lipinski definition) is 0. The average molecular weight is 298 g/mol. The molecule has 0 bridgehead atoms. The zero-order valence-electron chi connectivity index (χ0n) is 12.6. The molecule has 2 aromatic rings. The summed E-state index contributed by atoms with van der Waals surface area (Å²) in [6.45, 7) is 3.12. The molecule has 1 atom stereocenters. The summed E-state index contributed by atoms with van der Waals surface area (Å²) >= 11 is 0. The van der Waals surface area contributed by atoms with Crippen molar-refractivity contribution in [2.45, 2.75) is 31.7 Å². The Balaban J connectivity index is 2.34. The highest BCUT2D eigenvalue weighted by Crippen LogP contribution is 2.34. The number of aromatic nitrogens is 1. The van der Waals surface area contributed by atoms with Crippen molar-refractivity contribution in [1.29, 1.82) is 0 Å². The van der Waals surface area contributed by atoms with E-state index in [0.29, 0.717) is 5.56 Å². The van der Waals surface area contributed by atoms with Crippen molar-refractivity contribution in [2.24, 2.45) is 0 Å². The van der Waals surface area contributed by atoms with E-state index in [2.05, 4.69) is 4.98 Å². The first-order valence-corrected chi connectivity index (χ1v) is 7.05. The molecule has 0 saturated carbocycles. The van der Waals surface area contributed by atoms with Crippen LogP contribution in [0, 0.1) is 10.1 Å². The molecule has 0 N–H and O–H groups in total. The minimum absolute atomic E-state index is 0.0853. The number of ketones is 1. The maximum atomic E-state index is 12.4. The van der Waals surface area contributed by atoms with Crippen molar-refractivity contribution in [1.82, 2.24) is 4.98 Å². The maximum Gasteiger partial charge on any atom is 0.223 e. The Kier molecular flexibility index (Phi) is 4.65. The zero-order chi connectivity index (χ0) is 16.2. The molecule has 1 aromatic carbocycles. The van der Waals surface area contributed by atoms with E-state index >= 15 is 0 Å². The highest BCUT2D eigenvalue weighted by molar-refractivity contribution is 5.96. The van der Waals surface area contributed by atoms with Gasteiger partial charge in [0.1, 0.15) is 0 Å². The van der Waals surface area contributed by atoms with Gasteiger partial charge in [-0.3, -0.25) is 19.9 Å². The molecule has 0 amide bonds. The molecule has 114 valence electrons. The van der Waals surface area contributed by atoms with Crippen molar-refractivity contribution >= 4 is 5.78 Å². The number of pyridine rings is 1. The van der Waals surface area contributed by atoms with Crippen LogP contribution in [-0.4, -0.2) is 21.2 Å². The molecule has 1 unspecified atom stereocenters. The lowest BCUT2D eigenvalue weighted by atomic mass is 9.78. The number of nitro groups is 1. The third-order valence-electron chi connectivity index (χ3n) is 3.92. The second kappa shape index (κ2) is 6.47. The molecule has 0 spiro atoms. The average Bonchev–Trinajstić information content (AvgIpc) is 2.53. The Hall–Kier alpha value is -2.56. The molecule has 0 saturated heterocycles. The second-order valence-corrected chi connectivity index (χ2v) is 5.74. The largest absolute Gasteiger partial charge is 0.294 e. The van der Waals surface area contributed by atoms with Crippen LogP contribution >= 0.6 is 0 Å². The molecule has 0 fully saturated rings. The van der Waals surface area contributed by atoms with Gasteiger partial charge >= 0.3 is 0 Å². The summed E-state index contributed by atoms with van der Waals surface area (Å²) < 4.78 is 0. The van der Waals surface area contributed by atoms with Gasteiger partial charge in [-0.1, -0.05) is 30.3 Å². The number of nitrogens with zero attached hydrogens (tertiary/aromatic N) is 2. The zero-order valence-corrected chi connectivity index (χ0v) is 12.6. The fourth-order valence-corrected chi connectivity index (χ4v) is 2.43. The number of benzene rings is 1. The molecule has 0 aliphatic carbocycles. The van der Waals surface area contributed by atoms with E-state index in [1.165, 1.54) is 0 Å². The monoisotopic (exact) mass is 298 g/mol. The smallest absolute Gasteiger partial charge is 0.223 e. The molecule has 1 aromatic heterocycles. The topological polar surface area (TPSA) is 73.1 Å². The number of Topliss-reactive ketones (excluding diaryl/α,β-unsaturated/α-hetero) is 1. The summed E-state index contributed by atoms with van der Waals surface area (Å²) in [5, 5.41) is 11.4. The fraction of sp³-hybridized carbons (Fsp3) is 0.294. The van der Waals surface area contributed by atoms with Crippen LogP contribution in [0.3, 0.4) is 0 Å². The first kappa shape index (κ1) is 15.8. The summed E-state index contributed by atoms with van der Waals surface area (Å²) in [6, 6.07) is 12.4. The number of hydrogen-bond acceptors (Lipinski definition) is 4. The van der Waals surface area contributed by atoms with E-state index in [4.69, 9.17) is 0 Å². The Labute approximate surface area is 129 Å². The molecular weight excluding hydrogens is 280 g/mol. The van der Waals surface area contributed by atoms with Gasteiger partial charge in [0.15, 0.2) is 5.78 Å². The number of carbonyl (C=O) groups is 1. The highest BCUT2D eigenvalue weighted by atomic mass is 16.6. The van der Waals surface area contributed by atoms with Gasteiger partial charge in [-0.25, -0.2) is 0 Å². The van der Waals surface area contributed by atoms with Gasteiger partial charge in [0.2, 0.25) is 5.54 Å². The summed E-state index contributed by atoms with van der Waals surface area (Å²) in [4.78, 5) is 27.5. The molecule has 1 heterocycles. The standard InChI is InChI=1S/C17H18N2O3/c1-17(2,19(21)22)15(13-6-4-3-5-7-13)12-16(20)14-8-10-18-11-9-14/h3-11,15H,12H2,1-2H3. The van der Waals surface area contributed by atoms with Crippen molar-refractivity contribution in [3.8, 4) is 0 Å². The van der Waals surface area contributed by atoms with E-state index in [1.807, 2.05) is 30.3 Å². The second-order valence-electron chi connectivity index (χ2n) is 5.74. The van der Waals surface area contributed by atoms with Crippen molar-refractivity contribution in [3.63, 3.8) is 0 Å². The molecule has 2 rings (SSSR count). The Morgan fingerprint density at radius 3 is 2.32 bits per heavy atom. The minimum atomic E-state index is -1.23. The van der Waals surface area contributed by atoms with Crippen LogP contribution in [0.2, 0.25) is 0 Å². The number of carbonyl (C=O) groups excluding carboxylic acids is 1. The summed E-state index contributed by atoms with van der Waals surface area (Å²) in [5.74, 6) is -0.615. The third kappa shape index (κ3) is 3.36. The summed E-state index contributed by atoms with van der Waals surface area (Å²) in [6.07, 6.45) is 3.18. The van der Waals surface area contributed by atoms with Crippen LogP contribution < -0.4 is 0 Å². The maximum absolute atomic E-state index is 12.4. The SMILES string of the molecule is CC(C)(C(CC(=O)c1ccncc1)c1ccccc1)[N+](=O)[O-]. The normalized spacial score (nSPS) is 12.6. The third-order valence-corrected chi connectivity index (χ3v) is 3.92. The van der Waals surface area contributed by atoms with E-state index in [9.17, 15) is 14.9 Å². The van der Waals surface area contributed by atoms with Gasteiger partial charge in [0.25, 0.3) is 0 Å². The first-order valence-electron chi connectivity index (χ1n) is 7.05. The van der Waals surface area contributed by atoms with Gasteiger partial charge in [-0.05, 0) is 17.7 Å². The quantitative estimate of drug-likeness (QED) is 0.465. The van der Waals surface area contributed by atoms with Gasteiger partial charge in [-0.2, -0.15) is 0 Å². The summed E-state index contributed by atoms with van der Waals surface area (Å²) in [5.41, 5.74) is 0.0889. The lowest BCUT2D eigenvalue weighted by Crippen LogP contribution is -2.39. The minimum Gasteiger partial charge on any atom is -0.294 e. The van der Waals surface area contributed by atoms with Gasteiger partial charge < -0.3 is 0 Å². The van der Waals surface area contributed by atoms with Crippen LogP contribution in [0.4, 0.5) is 0 Å². The molecule has 0 aliphatic rings. The van der Waals surface area contributed by atoms with Gasteiger partial charge in [0, 0.05) is 43.1 Å². The lowest BCUT2D eigenvalue weighted by Gasteiger charge is -2.26. The van der Waals surface area contributed by atoms with Crippen LogP contribution in [0.5, 0.6) is 0 Å². The first-order chi connectivity index (χ1) is 10.4. The van der Waals surface area contributed by atoms with Gasteiger partial charge in [-0.15, -0.1) is 0 Å². The summed E-state index contributed by atoms with van der Waals surface area (Å²) in [7, 11) is 0. The van der Waals surface area contributed by atoms with Crippen molar-refractivity contribution in [3.05, 3.63) is 76.1 Å². The van der Waals surface area contributed by atoms with E-state index in [-0.39, 0.29) is 17.1 Å². The predicted molar refractivity (Wildman–Crippen MR) is 83.4 cm³/mol. The molecule has 0 aliphatic heterocycles. The molecule has 5 nitrogen and oxygen atoms in total. The van der Waals surface area contributed by atoms with E-state index in [1.54, 1.807) is 38.4 Å². The fourth-order valence-electron chi connectivity index (χ4n) is 2.43. The van der Waals surface area contributed by atoms with Crippen molar-refractivity contribution in [2.75, 3.05) is 0 Å². The van der Waals surface area contributed by atoms with E-state index < -0.39 is 11.5 Å². The molecule has 5 heteroatoms. The van der Waals surface area contributed by atoms with Crippen molar-refractivity contribution < 1.29 is 9.72 Å². The van der Waals surface area contributed by atoms with Crippen LogP contribution in [0.1, 0.15) is 42.1 Å². The number of rotatable bonds is 6. The predicted octanol–water partition coefficient (Wildman–Crippen LogP) is 3.49. The van der Waals surface area contributed by atoms with Gasteiger partial charge in [0.05, 0.1) is 5.92 Å². The van der Waals surface area contributed by atoms with Crippen LogP contribution in [0.25, 0.3) is 0 Å². The van der Waals surface area contributed by atoms with Crippen LogP contribution in [-0.2, 0) is 0 Å². The van der Waals surface area contributed by atoms with E-state index in [0.717, 1.165) is 5.56 Å². The Bertz CT molecular complexity index is 654. The Morgan fingerprint density at radius 2 is 1.77 bits per heavy atom. The highest BCUT2D eigenvalue weighted by Gasteiger charge is 2.42. The molecular formula is C17H18N2O3.